The summed E-state index contributed by atoms with van der Waals surface area (Å²) in [6, 6.07) is 1.67. The van der Waals surface area contributed by atoms with Crippen LogP contribution in [0, 0.1) is 0 Å². The highest BCUT2D eigenvalue weighted by atomic mass is 35.5. The first-order chi connectivity index (χ1) is 6.20. The number of aromatic nitrogens is 3. The van der Waals surface area contributed by atoms with Crippen LogP contribution in [0.15, 0.2) is 23.3 Å². The smallest absolute Gasteiger partial charge is 0.267 e. The molecule has 0 saturated heterocycles. The van der Waals surface area contributed by atoms with Crippen molar-refractivity contribution in [3.63, 3.8) is 0 Å². The number of rotatable bonds is 0. The molecule has 2 rings (SSSR count). The molecule has 0 bridgehead atoms. The second kappa shape index (κ2) is 2.81. The lowest BCUT2D eigenvalue weighted by Gasteiger charge is -2.00. The van der Waals surface area contributed by atoms with Gasteiger partial charge in [-0.05, 0) is 6.07 Å². The summed E-state index contributed by atoms with van der Waals surface area (Å²) in [7, 11) is 1.56. The van der Waals surface area contributed by atoms with Crippen LogP contribution in [0.2, 0.25) is 5.15 Å². The Labute approximate surface area is 78.8 Å². The van der Waals surface area contributed by atoms with Crippen molar-refractivity contribution in [3.05, 3.63) is 34.0 Å². The van der Waals surface area contributed by atoms with E-state index in [1.807, 2.05) is 0 Å². The third kappa shape index (κ3) is 1.19. The van der Waals surface area contributed by atoms with Gasteiger partial charge in [-0.2, -0.15) is 5.10 Å². The van der Waals surface area contributed by atoms with Crippen LogP contribution in [-0.4, -0.2) is 14.8 Å². The van der Waals surface area contributed by atoms with Gasteiger partial charge in [0, 0.05) is 24.8 Å². The minimum atomic E-state index is -0.187. The molecule has 0 aliphatic carbocycles. The fraction of sp³-hybridized carbons (Fsp3) is 0.125. The Balaban J connectivity index is 3.06. The second-order valence-corrected chi connectivity index (χ2v) is 3.00. The van der Waals surface area contributed by atoms with E-state index in [-0.39, 0.29) is 5.56 Å². The van der Waals surface area contributed by atoms with Gasteiger partial charge in [0.05, 0.1) is 5.39 Å². The molecule has 2 aromatic heterocycles. The van der Waals surface area contributed by atoms with E-state index in [0.29, 0.717) is 15.9 Å². The van der Waals surface area contributed by atoms with Gasteiger partial charge in [-0.3, -0.25) is 9.78 Å². The second-order valence-electron chi connectivity index (χ2n) is 2.64. The van der Waals surface area contributed by atoms with Crippen molar-refractivity contribution in [2.45, 2.75) is 0 Å². The van der Waals surface area contributed by atoms with E-state index in [1.165, 1.54) is 10.9 Å². The first kappa shape index (κ1) is 8.19. The summed E-state index contributed by atoms with van der Waals surface area (Å²) < 4.78 is 1.20. The summed E-state index contributed by atoms with van der Waals surface area (Å²) in [4.78, 5) is 15.3. The molecular formula is C8H6ClN3O. The molecule has 0 aromatic carbocycles. The Morgan fingerprint density at radius 2 is 2.23 bits per heavy atom. The van der Waals surface area contributed by atoms with Crippen molar-refractivity contribution in [2.24, 2.45) is 7.05 Å². The highest BCUT2D eigenvalue weighted by Gasteiger charge is 2.05. The molecule has 0 atom stereocenters. The van der Waals surface area contributed by atoms with Gasteiger partial charge in [-0.1, -0.05) is 11.6 Å². The Bertz CT molecular complexity index is 520. The standard InChI is InChI=1S/C8H6ClN3O/c1-12-8(13)6-4-10-3-2-5(6)7(9)11-12/h2-4H,1H3. The van der Waals surface area contributed by atoms with E-state index in [1.54, 1.807) is 19.3 Å². The molecule has 0 unspecified atom stereocenters. The van der Waals surface area contributed by atoms with E-state index in [4.69, 9.17) is 11.6 Å². The van der Waals surface area contributed by atoms with Crippen molar-refractivity contribution in [2.75, 3.05) is 0 Å². The van der Waals surface area contributed by atoms with Gasteiger partial charge in [0.15, 0.2) is 5.15 Å². The minimum Gasteiger partial charge on any atom is -0.267 e. The third-order valence-corrected chi connectivity index (χ3v) is 2.08. The Morgan fingerprint density at radius 3 is 3.00 bits per heavy atom. The van der Waals surface area contributed by atoms with Crippen molar-refractivity contribution >= 4 is 22.4 Å². The molecule has 13 heavy (non-hydrogen) atoms. The molecule has 2 heterocycles. The average molecular weight is 196 g/mol. The molecule has 0 radical (unpaired) electrons. The van der Waals surface area contributed by atoms with Crippen LogP contribution in [0.5, 0.6) is 0 Å². The number of hydrogen-bond donors (Lipinski definition) is 0. The molecule has 0 aliphatic heterocycles. The molecule has 5 heteroatoms. The zero-order chi connectivity index (χ0) is 9.42. The SMILES string of the molecule is Cn1nc(Cl)c2ccncc2c1=O. The van der Waals surface area contributed by atoms with Crippen molar-refractivity contribution in [1.29, 1.82) is 0 Å². The molecule has 4 nitrogen and oxygen atoms in total. The van der Waals surface area contributed by atoms with E-state index in [0.717, 1.165) is 0 Å². The number of halogens is 1. The summed E-state index contributed by atoms with van der Waals surface area (Å²) in [6.45, 7) is 0. The molecule has 0 saturated carbocycles. The van der Waals surface area contributed by atoms with Gasteiger partial charge in [0.2, 0.25) is 0 Å². The van der Waals surface area contributed by atoms with Gasteiger partial charge in [0.1, 0.15) is 0 Å². The fourth-order valence-electron chi connectivity index (χ4n) is 1.15. The quantitative estimate of drug-likeness (QED) is 0.630. The number of nitrogens with zero attached hydrogens (tertiary/aromatic N) is 3. The molecule has 0 amide bonds. The molecule has 0 spiro atoms. The fourth-order valence-corrected chi connectivity index (χ4v) is 1.43. The van der Waals surface area contributed by atoms with E-state index >= 15 is 0 Å². The predicted molar refractivity (Wildman–Crippen MR) is 49.8 cm³/mol. The Hall–Kier alpha value is -1.42. The van der Waals surface area contributed by atoms with Crippen molar-refractivity contribution in [1.82, 2.24) is 14.8 Å². The van der Waals surface area contributed by atoms with Gasteiger partial charge in [-0.25, -0.2) is 4.68 Å². The number of fused-ring (bicyclic) bond motifs is 1. The maximum Gasteiger partial charge on any atom is 0.276 e. The van der Waals surface area contributed by atoms with Crippen LogP contribution >= 0.6 is 11.6 Å². The van der Waals surface area contributed by atoms with Gasteiger partial charge >= 0.3 is 0 Å². The van der Waals surface area contributed by atoms with Crippen LogP contribution < -0.4 is 5.56 Å². The number of hydrogen-bond acceptors (Lipinski definition) is 3. The topological polar surface area (TPSA) is 47.8 Å². The molecule has 0 aliphatic rings. The van der Waals surface area contributed by atoms with Crippen LogP contribution in [0.4, 0.5) is 0 Å². The monoisotopic (exact) mass is 195 g/mol. The Kier molecular flexibility index (Phi) is 1.77. The van der Waals surface area contributed by atoms with Crippen LogP contribution in [0.1, 0.15) is 0 Å². The lowest BCUT2D eigenvalue weighted by molar-refractivity contribution is 0.718. The first-order valence-corrected chi connectivity index (χ1v) is 4.04. The molecule has 0 fully saturated rings. The summed E-state index contributed by atoms with van der Waals surface area (Å²) in [5, 5.41) is 5.29. The van der Waals surface area contributed by atoms with Gasteiger partial charge in [-0.15, -0.1) is 0 Å². The normalized spacial score (nSPS) is 10.6. The molecular weight excluding hydrogens is 190 g/mol. The lowest BCUT2D eigenvalue weighted by Crippen LogP contribution is -2.19. The summed E-state index contributed by atoms with van der Waals surface area (Å²) in [6.07, 6.45) is 3.07. The molecule has 66 valence electrons. The van der Waals surface area contributed by atoms with E-state index in [2.05, 4.69) is 10.1 Å². The Morgan fingerprint density at radius 1 is 1.46 bits per heavy atom. The van der Waals surface area contributed by atoms with E-state index in [9.17, 15) is 4.79 Å². The first-order valence-electron chi connectivity index (χ1n) is 3.66. The number of pyridine rings is 1. The highest BCUT2D eigenvalue weighted by Crippen LogP contribution is 2.15. The average Bonchev–Trinajstić information content (AvgIpc) is 2.15. The highest BCUT2D eigenvalue weighted by molar-refractivity contribution is 6.34. The maximum absolute atomic E-state index is 11.5. The van der Waals surface area contributed by atoms with Crippen LogP contribution in [-0.2, 0) is 7.05 Å². The molecule has 0 N–H and O–H groups in total. The van der Waals surface area contributed by atoms with Crippen molar-refractivity contribution < 1.29 is 0 Å². The third-order valence-electron chi connectivity index (χ3n) is 1.81. The predicted octanol–water partition coefficient (Wildman–Crippen LogP) is 0.982. The zero-order valence-corrected chi connectivity index (χ0v) is 7.62. The zero-order valence-electron chi connectivity index (χ0n) is 6.86. The van der Waals surface area contributed by atoms with Crippen molar-refractivity contribution in [3.8, 4) is 0 Å². The molecule has 2 aromatic rings. The van der Waals surface area contributed by atoms with Crippen LogP contribution in [0.25, 0.3) is 10.8 Å². The van der Waals surface area contributed by atoms with Gasteiger partial charge < -0.3 is 0 Å². The minimum absolute atomic E-state index is 0.187. The van der Waals surface area contributed by atoms with E-state index < -0.39 is 0 Å². The van der Waals surface area contributed by atoms with Gasteiger partial charge in [0.25, 0.3) is 5.56 Å². The lowest BCUT2D eigenvalue weighted by atomic mass is 10.2. The van der Waals surface area contributed by atoms with Crippen LogP contribution in [0.3, 0.4) is 0 Å². The maximum atomic E-state index is 11.5. The largest absolute Gasteiger partial charge is 0.276 e. The summed E-state index contributed by atoms with van der Waals surface area (Å²) in [5.74, 6) is 0. The summed E-state index contributed by atoms with van der Waals surface area (Å²) in [5.41, 5.74) is -0.187. The number of aryl methyl sites for hydroxylation is 1. The summed E-state index contributed by atoms with van der Waals surface area (Å²) >= 11 is 5.84.